The van der Waals surface area contributed by atoms with Crippen molar-refractivity contribution in [2.45, 2.75) is 13.0 Å². The van der Waals surface area contributed by atoms with Crippen molar-refractivity contribution in [3.63, 3.8) is 0 Å². The van der Waals surface area contributed by atoms with Gasteiger partial charge in [-0.3, -0.25) is 4.79 Å². The Morgan fingerprint density at radius 3 is 2.84 bits per heavy atom. The van der Waals surface area contributed by atoms with Gasteiger partial charge in [0.15, 0.2) is 6.10 Å². The zero-order valence-electron chi connectivity index (χ0n) is 10.4. The van der Waals surface area contributed by atoms with E-state index >= 15 is 0 Å². The molecule has 6 heteroatoms. The molecule has 1 aromatic carbocycles. The van der Waals surface area contributed by atoms with E-state index in [1.807, 2.05) is 13.0 Å². The van der Waals surface area contributed by atoms with Gasteiger partial charge in [0, 0.05) is 16.6 Å². The topological polar surface area (TPSA) is 66.8 Å². The van der Waals surface area contributed by atoms with E-state index in [-0.39, 0.29) is 19.1 Å². The number of carboxylic acids is 1. The summed E-state index contributed by atoms with van der Waals surface area (Å²) in [5, 5.41) is 8.92. The molecule has 5 nitrogen and oxygen atoms in total. The lowest BCUT2D eigenvalue weighted by Crippen LogP contribution is -2.48. The van der Waals surface area contributed by atoms with Gasteiger partial charge in [-0.25, -0.2) is 4.79 Å². The van der Waals surface area contributed by atoms with Crippen LogP contribution in [0.15, 0.2) is 22.7 Å². The van der Waals surface area contributed by atoms with E-state index in [0.29, 0.717) is 12.1 Å². The highest BCUT2D eigenvalue weighted by Gasteiger charge is 2.29. The molecule has 102 valence electrons. The van der Waals surface area contributed by atoms with E-state index in [0.717, 1.165) is 10.0 Å². The van der Waals surface area contributed by atoms with Crippen molar-refractivity contribution >= 4 is 27.8 Å². The smallest absolute Gasteiger partial charge is 0.334 e. The highest BCUT2D eigenvalue weighted by atomic mass is 79.9. The van der Waals surface area contributed by atoms with Gasteiger partial charge in [-0.05, 0) is 24.6 Å². The second-order valence-corrected chi connectivity index (χ2v) is 5.27. The first-order chi connectivity index (χ1) is 8.99. The van der Waals surface area contributed by atoms with Crippen LogP contribution in [0.5, 0.6) is 0 Å². The highest BCUT2D eigenvalue weighted by molar-refractivity contribution is 9.10. The first-order valence-corrected chi connectivity index (χ1v) is 6.68. The summed E-state index contributed by atoms with van der Waals surface area (Å²) in [6.07, 6.45) is -0.938. The lowest BCUT2D eigenvalue weighted by atomic mass is 10.1. The largest absolute Gasteiger partial charge is 0.479 e. The van der Waals surface area contributed by atoms with E-state index in [4.69, 9.17) is 9.84 Å². The van der Waals surface area contributed by atoms with Crippen molar-refractivity contribution in [3.8, 4) is 0 Å². The highest BCUT2D eigenvalue weighted by Crippen LogP contribution is 2.19. The van der Waals surface area contributed by atoms with Gasteiger partial charge in [-0.2, -0.15) is 0 Å². The molecular formula is C13H14BrNO4. The number of morpholine rings is 1. The van der Waals surface area contributed by atoms with Crippen LogP contribution in [0.3, 0.4) is 0 Å². The van der Waals surface area contributed by atoms with Crippen LogP contribution in [-0.4, -0.2) is 47.7 Å². The van der Waals surface area contributed by atoms with Gasteiger partial charge >= 0.3 is 5.97 Å². The molecule has 1 N–H and O–H groups in total. The number of rotatable bonds is 2. The van der Waals surface area contributed by atoms with E-state index in [9.17, 15) is 9.59 Å². The molecule has 0 aromatic heterocycles. The fourth-order valence-corrected chi connectivity index (χ4v) is 2.27. The third-order valence-electron chi connectivity index (χ3n) is 3.05. The van der Waals surface area contributed by atoms with Crippen molar-refractivity contribution < 1.29 is 19.4 Å². The number of aliphatic carboxylic acids is 1. The number of aryl methyl sites for hydroxylation is 1. The lowest BCUT2D eigenvalue weighted by Gasteiger charge is -2.31. The van der Waals surface area contributed by atoms with E-state index in [1.54, 1.807) is 12.1 Å². The van der Waals surface area contributed by atoms with Gasteiger partial charge in [0.05, 0.1) is 13.2 Å². The van der Waals surface area contributed by atoms with E-state index in [2.05, 4.69) is 15.9 Å². The molecule has 0 aliphatic carbocycles. The molecule has 1 heterocycles. The molecule has 1 unspecified atom stereocenters. The second-order valence-electron chi connectivity index (χ2n) is 4.41. The summed E-state index contributed by atoms with van der Waals surface area (Å²) < 4.78 is 5.96. The number of hydrogen-bond donors (Lipinski definition) is 1. The van der Waals surface area contributed by atoms with Gasteiger partial charge in [0.25, 0.3) is 5.91 Å². The number of carbonyl (C=O) groups is 2. The number of carbonyl (C=O) groups excluding carboxylic acids is 1. The van der Waals surface area contributed by atoms with Crippen molar-refractivity contribution in [1.29, 1.82) is 0 Å². The molecule has 1 saturated heterocycles. The first kappa shape index (κ1) is 14.0. The average Bonchev–Trinajstić information content (AvgIpc) is 2.41. The predicted molar refractivity (Wildman–Crippen MR) is 72.2 cm³/mol. The normalized spacial score (nSPS) is 19.3. The molecule has 2 rings (SSSR count). The molecule has 1 atom stereocenters. The Bertz CT molecular complexity index is 517. The molecular weight excluding hydrogens is 314 g/mol. The minimum Gasteiger partial charge on any atom is -0.479 e. The summed E-state index contributed by atoms with van der Waals surface area (Å²) in [5.41, 5.74) is 1.59. The molecule has 1 aromatic rings. The quantitative estimate of drug-likeness (QED) is 0.897. The maximum atomic E-state index is 12.3. The van der Waals surface area contributed by atoms with E-state index in [1.165, 1.54) is 4.90 Å². The lowest BCUT2D eigenvalue weighted by molar-refractivity contribution is -0.154. The maximum absolute atomic E-state index is 12.3. The van der Waals surface area contributed by atoms with Crippen molar-refractivity contribution in [1.82, 2.24) is 4.90 Å². The SMILES string of the molecule is Cc1ccc(C(=O)N2CCOC(C(=O)O)C2)cc1Br. The molecule has 0 bridgehead atoms. The fourth-order valence-electron chi connectivity index (χ4n) is 1.89. The van der Waals surface area contributed by atoms with Crippen molar-refractivity contribution in [2.24, 2.45) is 0 Å². The Kier molecular flexibility index (Phi) is 4.21. The Hall–Kier alpha value is -1.40. The number of halogens is 1. The summed E-state index contributed by atoms with van der Waals surface area (Å²) >= 11 is 3.38. The Morgan fingerprint density at radius 1 is 1.47 bits per heavy atom. The average molecular weight is 328 g/mol. The fraction of sp³-hybridized carbons (Fsp3) is 0.385. The standard InChI is InChI=1S/C13H14BrNO4/c1-8-2-3-9(6-10(8)14)12(16)15-4-5-19-11(7-15)13(17)18/h2-3,6,11H,4-5,7H2,1H3,(H,17,18). The molecule has 0 saturated carbocycles. The first-order valence-electron chi connectivity index (χ1n) is 5.89. The molecule has 1 aliphatic heterocycles. The van der Waals surface area contributed by atoms with Crippen molar-refractivity contribution in [3.05, 3.63) is 33.8 Å². The monoisotopic (exact) mass is 327 g/mol. The number of amides is 1. The number of hydrogen-bond acceptors (Lipinski definition) is 3. The van der Waals surface area contributed by atoms with Gasteiger partial charge in [-0.1, -0.05) is 22.0 Å². The Labute approximate surface area is 119 Å². The zero-order chi connectivity index (χ0) is 14.0. The molecule has 0 radical (unpaired) electrons. The predicted octanol–water partition coefficient (Wildman–Crippen LogP) is 1.68. The van der Waals surface area contributed by atoms with Crippen LogP contribution < -0.4 is 0 Å². The van der Waals surface area contributed by atoms with Gasteiger partial charge in [0.2, 0.25) is 0 Å². The summed E-state index contributed by atoms with van der Waals surface area (Å²) in [4.78, 5) is 24.7. The Morgan fingerprint density at radius 2 is 2.21 bits per heavy atom. The number of nitrogens with zero attached hydrogens (tertiary/aromatic N) is 1. The van der Waals surface area contributed by atoms with Crippen LogP contribution in [0.25, 0.3) is 0 Å². The molecule has 19 heavy (non-hydrogen) atoms. The van der Waals surface area contributed by atoms with Gasteiger partial charge in [0.1, 0.15) is 0 Å². The number of benzene rings is 1. The van der Waals surface area contributed by atoms with Crippen LogP contribution in [0.4, 0.5) is 0 Å². The molecule has 1 fully saturated rings. The second kappa shape index (κ2) is 5.71. The van der Waals surface area contributed by atoms with Crippen LogP contribution in [-0.2, 0) is 9.53 Å². The molecule has 1 amide bonds. The minimum absolute atomic E-state index is 0.0830. The summed E-state index contributed by atoms with van der Waals surface area (Å²) in [7, 11) is 0. The minimum atomic E-state index is -1.04. The van der Waals surface area contributed by atoms with Crippen molar-refractivity contribution in [2.75, 3.05) is 19.7 Å². The van der Waals surface area contributed by atoms with Crippen LogP contribution in [0.2, 0.25) is 0 Å². The Balaban J connectivity index is 2.14. The zero-order valence-corrected chi connectivity index (χ0v) is 12.0. The maximum Gasteiger partial charge on any atom is 0.334 e. The third kappa shape index (κ3) is 3.13. The summed E-state index contributed by atoms with van der Waals surface area (Å²) in [5.74, 6) is -1.21. The van der Waals surface area contributed by atoms with Crippen LogP contribution in [0, 0.1) is 6.92 Å². The van der Waals surface area contributed by atoms with E-state index < -0.39 is 12.1 Å². The summed E-state index contributed by atoms with van der Waals surface area (Å²) in [6, 6.07) is 5.35. The van der Waals surface area contributed by atoms with Gasteiger partial charge < -0.3 is 14.7 Å². The number of carboxylic acid groups (broad SMARTS) is 1. The molecule has 1 aliphatic rings. The van der Waals surface area contributed by atoms with Gasteiger partial charge in [-0.15, -0.1) is 0 Å². The molecule has 0 spiro atoms. The van der Waals surface area contributed by atoms with Crippen LogP contribution in [0.1, 0.15) is 15.9 Å². The van der Waals surface area contributed by atoms with Crippen LogP contribution >= 0.6 is 15.9 Å². The number of ether oxygens (including phenoxy) is 1. The third-order valence-corrected chi connectivity index (χ3v) is 3.90. The summed E-state index contributed by atoms with van der Waals surface area (Å²) in [6.45, 7) is 2.68.